The summed E-state index contributed by atoms with van der Waals surface area (Å²) in [6, 6.07) is 8.69. The second kappa shape index (κ2) is 8.18. The third-order valence-electron chi connectivity index (χ3n) is 4.25. The Morgan fingerprint density at radius 1 is 1.19 bits per heavy atom. The zero-order valence-electron chi connectivity index (χ0n) is 13.3. The van der Waals surface area contributed by atoms with E-state index in [4.69, 9.17) is 0 Å². The van der Waals surface area contributed by atoms with Gasteiger partial charge < -0.3 is 10.6 Å². The second-order valence-corrected chi connectivity index (χ2v) is 6.33. The number of benzene rings is 1. The van der Waals surface area contributed by atoms with E-state index in [2.05, 4.69) is 30.5 Å². The van der Waals surface area contributed by atoms with Gasteiger partial charge in [-0.05, 0) is 30.4 Å². The Kier molecular flexibility index (Phi) is 6.24. The van der Waals surface area contributed by atoms with E-state index in [1.165, 1.54) is 37.7 Å². The lowest BCUT2D eigenvalue weighted by molar-refractivity contribution is -0.116. The van der Waals surface area contributed by atoms with Crippen LogP contribution < -0.4 is 10.6 Å². The Morgan fingerprint density at radius 3 is 2.62 bits per heavy atom. The molecule has 3 nitrogen and oxygen atoms in total. The molecule has 0 saturated heterocycles. The highest BCUT2D eigenvalue weighted by atomic mass is 16.1. The monoisotopic (exact) mass is 288 g/mol. The van der Waals surface area contributed by atoms with Gasteiger partial charge in [0.15, 0.2) is 0 Å². The molecular formula is C18H28N2O. The summed E-state index contributed by atoms with van der Waals surface area (Å²) in [4.78, 5) is 12.1. The number of anilines is 1. The highest BCUT2D eigenvalue weighted by Crippen LogP contribution is 2.23. The lowest BCUT2D eigenvalue weighted by Crippen LogP contribution is -2.33. The van der Waals surface area contributed by atoms with Crippen molar-refractivity contribution in [2.24, 2.45) is 0 Å². The Labute approximate surface area is 128 Å². The van der Waals surface area contributed by atoms with E-state index in [0.717, 1.165) is 12.2 Å². The van der Waals surface area contributed by atoms with Gasteiger partial charge in [0.2, 0.25) is 5.91 Å². The van der Waals surface area contributed by atoms with Gasteiger partial charge in [0, 0.05) is 24.7 Å². The summed E-state index contributed by atoms with van der Waals surface area (Å²) >= 11 is 0. The van der Waals surface area contributed by atoms with Crippen molar-refractivity contribution >= 4 is 11.6 Å². The third kappa shape index (κ3) is 5.16. The molecule has 0 atom stereocenters. The second-order valence-electron chi connectivity index (χ2n) is 6.33. The Morgan fingerprint density at radius 2 is 1.90 bits per heavy atom. The van der Waals surface area contributed by atoms with Crippen LogP contribution in [0.25, 0.3) is 0 Å². The molecule has 0 heterocycles. The molecule has 0 unspecified atom stereocenters. The smallest absolute Gasteiger partial charge is 0.225 e. The highest BCUT2D eigenvalue weighted by Gasteiger charge is 2.13. The van der Waals surface area contributed by atoms with E-state index in [-0.39, 0.29) is 5.91 Å². The van der Waals surface area contributed by atoms with Crippen molar-refractivity contribution in [3.63, 3.8) is 0 Å². The predicted octanol–water partition coefficient (Wildman–Crippen LogP) is 4.06. The molecule has 0 aromatic heterocycles. The van der Waals surface area contributed by atoms with E-state index in [1.807, 2.05) is 18.2 Å². The molecule has 3 heteroatoms. The first-order valence-electron chi connectivity index (χ1n) is 8.29. The van der Waals surface area contributed by atoms with Gasteiger partial charge in [-0.25, -0.2) is 0 Å². The van der Waals surface area contributed by atoms with Crippen molar-refractivity contribution in [3.05, 3.63) is 29.8 Å². The molecular weight excluding hydrogens is 260 g/mol. The molecule has 1 aromatic carbocycles. The fourth-order valence-electron chi connectivity index (χ4n) is 3.02. The van der Waals surface area contributed by atoms with Gasteiger partial charge in [0.1, 0.15) is 0 Å². The number of hydrogen-bond donors (Lipinski definition) is 2. The average Bonchev–Trinajstić information content (AvgIpc) is 2.48. The lowest BCUT2D eigenvalue weighted by Gasteiger charge is -2.22. The van der Waals surface area contributed by atoms with Crippen LogP contribution in [0.1, 0.15) is 63.9 Å². The van der Waals surface area contributed by atoms with Crippen molar-refractivity contribution in [2.75, 3.05) is 11.9 Å². The molecule has 2 rings (SSSR count). The molecule has 1 saturated carbocycles. The van der Waals surface area contributed by atoms with Crippen molar-refractivity contribution in [1.82, 2.24) is 5.32 Å². The predicted molar refractivity (Wildman–Crippen MR) is 88.7 cm³/mol. The number of para-hydroxylation sites is 1. The molecule has 1 aliphatic carbocycles. The van der Waals surface area contributed by atoms with Crippen LogP contribution in [0, 0.1) is 0 Å². The normalized spacial score (nSPS) is 16.1. The van der Waals surface area contributed by atoms with Gasteiger partial charge in [0.05, 0.1) is 0 Å². The van der Waals surface area contributed by atoms with Crippen LogP contribution in [-0.4, -0.2) is 18.5 Å². The summed E-state index contributed by atoms with van der Waals surface area (Å²) in [5, 5.41) is 6.57. The van der Waals surface area contributed by atoms with Crippen LogP contribution in [0.2, 0.25) is 0 Å². The standard InChI is InChI=1S/C18H28N2O/c1-14(2)16-10-6-7-11-17(16)20-18(21)12-13-19-15-8-4-3-5-9-15/h6-7,10-11,14-15,19H,3-5,8-9,12-13H2,1-2H3,(H,20,21). The first-order valence-corrected chi connectivity index (χ1v) is 8.29. The van der Waals surface area contributed by atoms with Gasteiger partial charge in [-0.1, -0.05) is 51.3 Å². The zero-order chi connectivity index (χ0) is 15.1. The lowest BCUT2D eigenvalue weighted by atomic mass is 9.95. The van der Waals surface area contributed by atoms with E-state index in [0.29, 0.717) is 18.4 Å². The molecule has 0 radical (unpaired) electrons. The third-order valence-corrected chi connectivity index (χ3v) is 4.25. The topological polar surface area (TPSA) is 41.1 Å². The number of carbonyl (C=O) groups is 1. The summed E-state index contributed by atoms with van der Waals surface area (Å²) in [7, 11) is 0. The van der Waals surface area contributed by atoms with Crippen LogP contribution in [-0.2, 0) is 4.79 Å². The molecule has 21 heavy (non-hydrogen) atoms. The Bertz CT molecular complexity index is 450. The minimum atomic E-state index is 0.103. The highest BCUT2D eigenvalue weighted by molar-refractivity contribution is 5.91. The van der Waals surface area contributed by atoms with Gasteiger partial charge in [-0.3, -0.25) is 4.79 Å². The molecule has 2 N–H and O–H groups in total. The van der Waals surface area contributed by atoms with Crippen molar-refractivity contribution in [1.29, 1.82) is 0 Å². The van der Waals surface area contributed by atoms with Crippen LogP contribution >= 0.6 is 0 Å². The molecule has 0 spiro atoms. The van der Waals surface area contributed by atoms with Crippen LogP contribution in [0.4, 0.5) is 5.69 Å². The summed E-state index contributed by atoms with van der Waals surface area (Å²) in [6.07, 6.45) is 7.08. The van der Waals surface area contributed by atoms with Gasteiger partial charge >= 0.3 is 0 Å². The van der Waals surface area contributed by atoms with Crippen LogP contribution in [0.15, 0.2) is 24.3 Å². The van der Waals surface area contributed by atoms with Gasteiger partial charge in [-0.2, -0.15) is 0 Å². The molecule has 1 aromatic rings. The van der Waals surface area contributed by atoms with Crippen LogP contribution in [0.3, 0.4) is 0 Å². The molecule has 1 amide bonds. The fraction of sp³-hybridized carbons (Fsp3) is 0.611. The van der Waals surface area contributed by atoms with Crippen LogP contribution in [0.5, 0.6) is 0 Å². The Hall–Kier alpha value is -1.35. The number of nitrogens with one attached hydrogen (secondary N) is 2. The van der Waals surface area contributed by atoms with E-state index >= 15 is 0 Å². The van der Waals surface area contributed by atoms with E-state index in [1.54, 1.807) is 0 Å². The quantitative estimate of drug-likeness (QED) is 0.828. The first kappa shape index (κ1) is 16.0. The minimum absolute atomic E-state index is 0.103. The largest absolute Gasteiger partial charge is 0.326 e. The molecule has 116 valence electrons. The van der Waals surface area contributed by atoms with Crippen molar-refractivity contribution in [2.45, 2.75) is 64.3 Å². The van der Waals surface area contributed by atoms with E-state index < -0.39 is 0 Å². The summed E-state index contributed by atoms with van der Waals surface area (Å²) in [5.41, 5.74) is 2.15. The van der Waals surface area contributed by atoms with Gasteiger partial charge in [-0.15, -0.1) is 0 Å². The van der Waals surface area contributed by atoms with E-state index in [9.17, 15) is 4.79 Å². The maximum Gasteiger partial charge on any atom is 0.225 e. The molecule has 1 fully saturated rings. The maximum atomic E-state index is 12.1. The molecule has 0 bridgehead atoms. The average molecular weight is 288 g/mol. The van der Waals surface area contributed by atoms with Gasteiger partial charge in [0.25, 0.3) is 0 Å². The number of carbonyl (C=O) groups excluding carboxylic acids is 1. The van der Waals surface area contributed by atoms with Crippen molar-refractivity contribution < 1.29 is 4.79 Å². The van der Waals surface area contributed by atoms with Crippen molar-refractivity contribution in [3.8, 4) is 0 Å². The number of rotatable bonds is 6. The minimum Gasteiger partial charge on any atom is -0.326 e. The molecule has 1 aliphatic rings. The molecule has 0 aliphatic heterocycles. The zero-order valence-corrected chi connectivity index (χ0v) is 13.3. The number of amides is 1. The SMILES string of the molecule is CC(C)c1ccccc1NC(=O)CCNC1CCCCC1. The fourth-order valence-corrected chi connectivity index (χ4v) is 3.02. The number of hydrogen-bond acceptors (Lipinski definition) is 2. The summed E-state index contributed by atoms with van der Waals surface area (Å²) < 4.78 is 0. The first-order chi connectivity index (χ1) is 10.2. The Balaban J connectivity index is 1.76. The summed E-state index contributed by atoms with van der Waals surface area (Å²) in [6.45, 7) is 5.07. The summed E-state index contributed by atoms with van der Waals surface area (Å²) in [5.74, 6) is 0.522. The maximum absolute atomic E-state index is 12.1.